The second-order valence-corrected chi connectivity index (χ2v) is 37.7. The molecular weight excluding hydrogens is 1510 g/mol. The van der Waals surface area contributed by atoms with Gasteiger partial charge in [0.25, 0.3) is 0 Å². The van der Waals surface area contributed by atoms with Gasteiger partial charge >= 0.3 is 45.6 Å². The molecule has 0 saturated heterocycles. The molecule has 1 aliphatic rings. The van der Waals surface area contributed by atoms with Gasteiger partial charge in [0, 0.05) is 38.5 Å². The smallest absolute Gasteiger partial charge is 0.335 e. The lowest BCUT2D eigenvalue weighted by atomic mass is 9.88. The summed E-state index contributed by atoms with van der Waals surface area (Å²) in [6.45, 7) is 22.3. The van der Waals surface area contributed by atoms with E-state index in [1.807, 2.05) is 72.8 Å². The molecular formula is C78H114O24P6. The summed E-state index contributed by atoms with van der Waals surface area (Å²) in [5.74, 6) is 2.68. The molecule has 0 saturated carbocycles. The number of benzene rings is 6. The molecule has 0 aromatic heterocycles. The maximum Gasteiger partial charge on any atom is 0.335 e. The number of fused-ring (bicyclic) bond motifs is 12. The first-order valence-corrected chi connectivity index (χ1v) is 47.5. The minimum atomic E-state index is -3.83. The molecule has 24 nitrogen and oxygen atoms in total. The third-order valence-corrected chi connectivity index (χ3v) is 29.8. The largest absolute Gasteiger partial charge is 0.496 e. The zero-order valence-electron chi connectivity index (χ0n) is 66.4. The molecule has 7 rings (SSSR count). The lowest BCUT2D eigenvalue weighted by Crippen LogP contribution is -2.10. The second-order valence-electron chi connectivity index (χ2n) is 25.4. The molecule has 0 fully saturated rings. The highest BCUT2D eigenvalue weighted by Gasteiger charge is 2.35. The van der Waals surface area contributed by atoms with Crippen LogP contribution in [0.1, 0.15) is 183 Å². The maximum absolute atomic E-state index is 14.9. The van der Waals surface area contributed by atoms with E-state index >= 15 is 0 Å². The van der Waals surface area contributed by atoms with Gasteiger partial charge in [0.15, 0.2) is 0 Å². The van der Waals surface area contributed by atoms with E-state index in [0.717, 1.165) is 0 Å². The van der Waals surface area contributed by atoms with Crippen LogP contribution in [-0.4, -0.2) is 122 Å². The van der Waals surface area contributed by atoms with Crippen molar-refractivity contribution < 1.29 is 110 Å². The molecule has 1 aliphatic carbocycles. The van der Waals surface area contributed by atoms with Crippen molar-refractivity contribution >= 4 is 45.6 Å². The number of hydrogen-bond donors (Lipinski definition) is 0. The molecule has 0 aliphatic heterocycles. The zero-order chi connectivity index (χ0) is 79.0. The molecule has 0 radical (unpaired) electrons. The molecule has 0 N–H and O–H groups in total. The monoisotopic (exact) mass is 1620 g/mol. The standard InChI is InChI=1S/C78H114O24P6/c1-19-91-103(79,92-20-2)49-55-31-61-43-63-33-56(50-104(80,93-21-3)94-22-4)35-65(74(63)86-14)45-67-37-58(52-106(82,97-25-7)98-26-8)39-69(76(67)88-16)47-71-41-60(54-108(84,101-29-11)102-30-12)42-72(78(71)90-18)48-70-40-59(53-107(83,99-27-9)100-28-10)38-68(77(70)89-17)46-66-36-57(51-105(81,95-23-5)96-24-6)34-64(75(66)87-15)44-62(32-55)73(61)85-13/h31-42H,19-30,43-54H2,1-18H3. The van der Waals surface area contributed by atoms with Gasteiger partial charge < -0.3 is 82.7 Å². The Labute approximate surface area is 640 Å². The average Bonchev–Trinajstić information content (AvgIpc) is 0.777. The molecule has 0 amide bonds. The molecule has 0 heterocycles. The highest BCUT2D eigenvalue weighted by atomic mass is 31.2. The van der Waals surface area contributed by atoms with Crippen LogP contribution in [0.2, 0.25) is 0 Å². The van der Waals surface area contributed by atoms with Crippen molar-refractivity contribution in [3.63, 3.8) is 0 Å². The van der Waals surface area contributed by atoms with E-state index in [0.29, 0.717) is 135 Å². The lowest BCUT2D eigenvalue weighted by Gasteiger charge is -2.25. The average molecular weight is 1620 g/mol. The van der Waals surface area contributed by atoms with Gasteiger partial charge in [-0.15, -0.1) is 0 Å². The third-order valence-electron chi connectivity index (χ3n) is 17.5. The first-order valence-electron chi connectivity index (χ1n) is 37.1. The van der Waals surface area contributed by atoms with Crippen LogP contribution in [-0.2, 0) is 157 Å². The van der Waals surface area contributed by atoms with Crippen molar-refractivity contribution in [3.05, 3.63) is 173 Å². The quantitative estimate of drug-likeness (QED) is 0.0322. The van der Waals surface area contributed by atoms with Crippen LogP contribution in [0.5, 0.6) is 34.5 Å². The minimum absolute atomic E-state index is 0.0911. The van der Waals surface area contributed by atoms with Gasteiger partial charge in [-0.05, 0) is 183 Å². The molecule has 0 atom stereocenters. The summed E-state index contributed by atoms with van der Waals surface area (Å²) < 4.78 is 201. The normalized spacial score (nSPS) is 13.3. The Morgan fingerprint density at radius 3 is 0.361 bits per heavy atom. The van der Waals surface area contributed by atoms with E-state index in [-0.39, 0.29) is 155 Å². The van der Waals surface area contributed by atoms with Gasteiger partial charge in [-0.2, -0.15) is 0 Å². The molecule has 6 aromatic carbocycles. The summed E-state index contributed by atoms with van der Waals surface area (Å²) in [5.41, 5.74) is 10.9. The van der Waals surface area contributed by atoms with E-state index in [1.165, 1.54) is 0 Å². The maximum atomic E-state index is 14.9. The lowest BCUT2D eigenvalue weighted by molar-refractivity contribution is 0.218. The summed E-state index contributed by atoms with van der Waals surface area (Å²) >= 11 is 0. The van der Waals surface area contributed by atoms with Crippen LogP contribution >= 0.6 is 45.6 Å². The molecule has 12 bridgehead atoms. The van der Waals surface area contributed by atoms with Crippen molar-refractivity contribution in [1.82, 2.24) is 0 Å². The van der Waals surface area contributed by atoms with Crippen molar-refractivity contribution in [2.24, 2.45) is 0 Å². The summed E-state index contributed by atoms with van der Waals surface area (Å²) in [6, 6.07) is 22.9. The topological polar surface area (TPSA) is 269 Å². The third kappa shape index (κ3) is 24.0. The van der Waals surface area contributed by atoms with Crippen LogP contribution in [0.3, 0.4) is 0 Å². The highest BCUT2D eigenvalue weighted by Crippen LogP contribution is 2.58. The Balaban J connectivity index is 1.74. The highest BCUT2D eigenvalue weighted by molar-refractivity contribution is 7.54. The van der Waals surface area contributed by atoms with Gasteiger partial charge in [0.05, 0.1) is 159 Å². The van der Waals surface area contributed by atoms with Gasteiger partial charge in [-0.25, -0.2) is 0 Å². The van der Waals surface area contributed by atoms with Crippen LogP contribution < -0.4 is 28.4 Å². The van der Waals surface area contributed by atoms with Crippen molar-refractivity contribution in [2.75, 3.05) is 122 Å². The fraction of sp³-hybridized carbons (Fsp3) is 0.538. The predicted molar refractivity (Wildman–Crippen MR) is 422 cm³/mol. The summed E-state index contributed by atoms with van der Waals surface area (Å²) in [7, 11) is -13.5. The fourth-order valence-corrected chi connectivity index (χ4v) is 24.4. The van der Waals surface area contributed by atoms with Gasteiger partial charge in [-0.1, -0.05) is 72.8 Å². The summed E-state index contributed by atoms with van der Waals surface area (Å²) in [6.07, 6.45) is -0.314. The van der Waals surface area contributed by atoms with Crippen LogP contribution in [0.4, 0.5) is 0 Å². The minimum Gasteiger partial charge on any atom is -0.496 e. The van der Waals surface area contributed by atoms with E-state index in [4.69, 9.17) is 82.7 Å². The number of rotatable bonds is 42. The summed E-state index contributed by atoms with van der Waals surface area (Å²) in [4.78, 5) is 0. The SMILES string of the molecule is CCOP(=O)(Cc1cc2c(OC)c(c1)Cc1cc(CP(=O)(OCC)OCC)cc(c1OC)Cc1cc(CP(=O)(OCC)OCC)cc(c1OC)Cc1cc(CP(=O)(OCC)OCC)cc(c1OC)Cc1cc(CP(=O)(OCC)OCC)cc(c1OC)Cc1cc(CP(=O)(OCC)OCC)cc(c1OC)C2)OCC. The van der Waals surface area contributed by atoms with Crippen molar-refractivity contribution in [2.45, 2.75) is 159 Å². The van der Waals surface area contributed by atoms with E-state index < -0.39 is 45.6 Å². The molecule has 600 valence electrons. The zero-order valence-corrected chi connectivity index (χ0v) is 71.7. The fourth-order valence-electron chi connectivity index (χ4n) is 14.4. The Bertz CT molecular complexity index is 3400. The first kappa shape index (κ1) is 90.2. The molecule has 0 unspecified atom stereocenters. The van der Waals surface area contributed by atoms with Crippen LogP contribution in [0.25, 0.3) is 0 Å². The number of hydrogen-bond acceptors (Lipinski definition) is 24. The Kier molecular flexibility index (Phi) is 35.3. The van der Waals surface area contributed by atoms with Gasteiger partial charge in [0.1, 0.15) is 34.5 Å². The molecule has 30 heteroatoms. The van der Waals surface area contributed by atoms with Gasteiger partial charge in [-0.3, -0.25) is 27.4 Å². The van der Waals surface area contributed by atoms with Crippen molar-refractivity contribution in [1.29, 1.82) is 0 Å². The van der Waals surface area contributed by atoms with Crippen LogP contribution in [0.15, 0.2) is 72.8 Å². The first-order chi connectivity index (χ1) is 51.7. The Hall–Kier alpha value is -4.98. The van der Waals surface area contributed by atoms with E-state index in [2.05, 4.69) is 0 Å². The Morgan fingerprint density at radius 2 is 0.287 bits per heavy atom. The number of ether oxygens (including phenoxy) is 6. The van der Waals surface area contributed by atoms with E-state index in [1.54, 1.807) is 126 Å². The van der Waals surface area contributed by atoms with E-state index in [9.17, 15) is 27.4 Å². The predicted octanol–water partition coefficient (Wildman–Crippen LogP) is 20.2. The molecule has 0 spiro atoms. The molecule has 108 heavy (non-hydrogen) atoms. The van der Waals surface area contributed by atoms with Gasteiger partial charge in [0.2, 0.25) is 0 Å². The summed E-state index contributed by atoms with van der Waals surface area (Å²) in [5, 5.41) is 0. The Morgan fingerprint density at radius 1 is 0.194 bits per heavy atom. The van der Waals surface area contributed by atoms with Crippen LogP contribution in [0, 0.1) is 0 Å². The molecule has 6 aromatic rings. The second kappa shape index (κ2) is 42.2. The van der Waals surface area contributed by atoms with Crippen molar-refractivity contribution in [3.8, 4) is 34.5 Å². The number of methoxy groups -OCH3 is 6.